The van der Waals surface area contributed by atoms with Gasteiger partial charge in [0.1, 0.15) is 16.2 Å². The van der Waals surface area contributed by atoms with E-state index in [1.54, 1.807) is 24.3 Å². The molecule has 0 fully saturated rings. The van der Waals surface area contributed by atoms with Gasteiger partial charge in [-0.15, -0.1) is 11.3 Å². The predicted octanol–water partition coefficient (Wildman–Crippen LogP) is 3.95. The highest BCUT2D eigenvalue weighted by molar-refractivity contribution is 8.00. The number of nitro benzene ring substituents is 1. The van der Waals surface area contributed by atoms with E-state index >= 15 is 0 Å². The predicted molar refractivity (Wildman–Crippen MR) is 99.3 cm³/mol. The molecule has 0 radical (unpaired) electrons. The molecule has 0 saturated carbocycles. The molecule has 0 bridgehead atoms. The summed E-state index contributed by atoms with van der Waals surface area (Å²) < 4.78 is 0. The van der Waals surface area contributed by atoms with Crippen molar-refractivity contribution in [2.75, 3.05) is 11.1 Å². The van der Waals surface area contributed by atoms with E-state index in [4.69, 9.17) is 0 Å². The molecule has 2 heterocycles. The number of fused-ring (bicyclic) bond motifs is 1. The van der Waals surface area contributed by atoms with E-state index in [1.165, 1.54) is 30.2 Å². The minimum absolute atomic E-state index is 0.0557. The van der Waals surface area contributed by atoms with Crippen LogP contribution in [0.15, 0.2) is 35.6 Å². The first kappa shape index (κ1) is 17.3. The minimum Gasteiger partial charge on any atom is -0.325 e. The molecule has 25 heavy (non-hydrogen) atoms. The first-order valence-corrected chi connectivity index (χ1v) is 9.13. The van der Waals surface area contributed by atoms with Gasteiger partial charge in [-0.3, -0.25) is 14.9 Å². The molecule has 0 spiro atoms. The summed E-state index contributed by atoms with van der Waals surface area (Å²) in [7, 11) is 0. The Morgan fingerprint density at radius 2 is 2.12 bits per heavy atom. The monoisotopic (exact) mass is 374 g/mol. The summed E-state index contributed by atoms with van der Waals surface area (Å²) in [6.07, 6.45) is 1.49. The van der Waals surface area contributed by atoms with Crippen LogP contribution in [0.1, 0.15) is 10.4 Å². The second-order valence-electron chi connectivity index (χ2n) is 5.35. The third-order valence-electron chi connectivity index (χ3n) is 3.46. The lowest BCUT2D eigenvalue weighted by Gasteiger charge is -2.08. The van der Waals surface area contributed by atoms with E-state index in [9.17, 15) is 14.9 Å². The van der Waals surface area contributed by atoms with Crippen LogP contribution in [0.2, 0.25) is 0 Å². The fraction of sp³-hybridized carbons (Fsp3) is 0.188. The van der Waals surface area contributed by atoms with Crippen molar-refractivity contribution in [2.45, 2.75) is 18.9 Å². The maximum absolute atomic E-state index is 12.2. The summed E-state index contributed by atoms with van der Waals surface area (Å²) in [5, 5.41) is 15.3. The average Bonchev–Trinajstić information content (AvgIpc) is 2.95. The standard InChI is InChI=1S/C16H14N4O3S2/c1-9-3-4-11(20(22)23)6-13(9)19-14(21)7-24-15-12-5-10(2)25-16(12)18-8-17-15/h3-6,8H,7H2,1-2H3,(H,19,21). The lowest BCUT2D eigenvalue weighted by atomic mass is 10.2. The summed E-state index contributed by atoms with van der Waals surface area (Å²) in [5.74, 6) is -0.0873. The lowest BCUT2D eigenvalue weighted by Crippen LogP contribution is -2.15. The van der Waals surface area contributed by atoms with Gasteiger partial charge in [-0.1, -0.05) is 17.8 Å². The van der Waals surface area contributed by atoms with Gasteiger partial charge in [0.15, 0.2) is 0 Å². The number of nitrogens with zero attached hydrogens (tertiary/aromatic N) is 3. The normalized spacial score (nSPS) is 10.8. The van der Waals surface area contributed by atoms with Gasteiger partial charge in [0.2, 0.25) is 5.91 Å². The molecular formula is C16H14N4O3S2. The van der Waals surface area contributed by atoms with Gasteiger partial charge in [0.05, 0.1) is 16.4 Å². The highest BCUT2D eigenvalue weighted by Gasteiger charge is 2.13. The van der Waals surface area contributed by atoms with Gasteiger partial charge >= 0.3 is 0 Å². The molecule has 2 aromatic heterocycles. The van der Waals surface area contributed by atoms with E-state index < -0.39 is 4.92 Å². The second-order valence-corrected chi connectivity index (χ2v) is 7.55. The molecule has 0 aliphatic rings. The number of carbonyl (C=O) groups is 1. The fourth-order valence-electron chi connectivity index (χ4n) is 2.25. The first-order chi connectivity index (χ1) is 11.9. The Labute approximate surface area is 151 Å². The van der Waals surface area contributed by atoms with Crippen molar-refractivity contribution in [3.05, 3.63) is 51.1 Å². The van der Waals surface area contributed by atoms with Gasteiger partial charge in [0.25, 0.3) is 5.69 Å². The maximum atomic E-state index is 12.2. The van der Waals surface area contributed by atoms with Gasteiger partial charge in [-0.25, -0.2) is 9.97 Å². The number of amides is 1. The Hall–Kier alpha value is -2.52. The van der Waals surface area contributed by atoms with E-state index in [0.29, 0.717) is 5.69 Å². The number of benzene rings is 1. The number of nitro groups is 1. The van der Waals surface area contributed by atoms with Crippen molar-refractivity contribution >= 4 is 50.6 Å². The lowest BCUT2D eigenvalue weighted by molar-refractivity contribution is -0.384. The zero-order valence-electron chi connectivity index (χ0n) is 13.5. The van der Waals surface area contributed by atoms with Crippen LogP contribution in [0.25, 0.3) is 10.2 Å². The Morgan fingerprint density at radius 1 is 1.32 bits per heavy atom. The third-order valence-corrected chi connectivity index (χ3v) is 5.43. The molecule has 128 valence electrons. The zero-order chi connectivity index (χ0) is 18.0. The molecule has 7 nitrogen and oxygen atoms in total. The molecular weight excluding hydrogens is 360 g/mol. The molecule has 9 heteroatoms. The smallest absolute Gasteiger partial charge is 0.271 e. The number of rotatable bonds is 5. The van der Waals surface area contributed by atoms with Crippen LogP contribution >= 0.6 is 23.1 Å². The largest absolute Gasteiger partial charge is 0.325 e. The topological polar surface area (TPSA) is 98.0 Å². The number of non-ortho nitro benzene ring substituents is 1. The first-order valence-electron chi connectivity index (χ1n) is 7.33. The third kappa shape index (κ3) is 3.94. The number of carbonyl (C=O) groups excluding carboxylic acids is 1. The van der Waals surface area contributed by atoms with Crippen LogP contribution in [-0.4, -0.2) is 26.6 Å². The van der Waals surface area contributed by atoms with E-state index in [1.807, 2.05) is 13.0 Å². The number of hydrogen-bond donors (Lipinski definition) is 1. The van der Waals surface area contributed by atoms with E-state index in [-0.39, 0.29) is 17.3 Å². The number of thioether (sulfide) groups is 1. The van der Waals surface area contributed by atoms with Crippen molar-refractivity contribution in [2.24, 2.45) is 0 Å². The van der Waals surface area contributed by atoms with Crippen molar-refractivity contribution in [3.8, 4) is 0 Å². The molecule has 1 N–H and O–H groups in total. The van der Waals surface area contributed by atoms with Crippen molar-refractivity contribution < 1.29 is 9.72 Å². The van der Waals surface area contributed by atoms with Crippen LogP contribution in [0.4, 0.5) is 11.4 Å². The van der Waals surface area contributed by atoms with Gasteiger partial charge in [-0.05, 0) is 25.5 Å². The summed E-state index contributed by atoms with van der Waals surface area (Å²) in [5.41, 5.74) is 1.15. The van der Waals surface area contributed by atoms with Crippen molar-refractivity contribution in [3.63, 3.8) is 0 Å². The molecule has 1 amide bonds. The van der Waals surface area contributed by atoms with Crippen LogP contribution in [0, 0.1) is 24.0 Å². The highest BCUT2D eigenvalue weighted by Crippen LogP contribution is 2.30. The van der Waals surface area contributed by atoms with Crippen LogP contribution in [0.3, 0.4) is 0 Å². The van der Waals surface area contributed by atoms with Gasteiger partial charge < -0.3 is 5.32 Å². The minimum atomic E-state index is -0.486. The molecule has 0 aliphatic heterocycles. The van der Waals surface area contributed by atoms with Crippen molar-refractivity contribution in [1.29, 1.82) is 0 Å². The number of hydrogen-bond acceptors (Lipinski definition) is 7. The molecule has 3 rings (SSSR count). The quantitative estimate of drug-likeness (QED) is 0.314. The van der Waals surface area contributed by atoms with Crippen LogP contribution < -0.4 is 5.32 Å². The number of anilines is 1. The number of aromatic nitrogens is 2. The van der Waals surface area contributed by atoms with Crippen LogP contribution in [0.5, 0.6) is 0 Å². The Morgan fingerprint density at radius 3 is 2.88 bits per heavy atom. The van der Waals surface area contributed by atoms with E-state index in [0.717, 1.165) is 25.7 Å². The van der Waals surface area contributed by atoms with Gasteiger partial charge in [0, 0.05) is 22.4 Å². The van der Waals surface area contributed by atoms with Crippen LogP contribution in [-0.2, 0) is 4.79 Å². The fourth-order valence-corrected chi connectivity index (χ4v) is 3.93. The Kier molecular flexibility index (Phi) is 4.95. The number of thiophene rings is 1. The molecule has 3 aromatic rings. The highest BCUT2D eigenvalue weighted by atomic mass is 32.2. The Bertz CT molecular complexity index is 971. The van der Waals surface area contributed by atoms with Crippen molar-refractivity contribution in [1.82, 2.24) is 9.97 Å². The van der Waals surface area contributed by atoms with E-state index in [2.05, 4.69) is 15.3 Å². The SMILES string of the molecule is Cc1cc2c(SCC(=O)Nc3cc([N+](=O)[O-])ccc3C)ncnc2s1. The average molecular weight is 374 g/mol. The molecule has 0 unspecified atom stereocenters. The summed E-state index contributed by atoms with van der Waals surface area (Å²) in [6, 6.07) is 6.40. The summed E-state index contributed by atoms with van der Waals surface area (Å²) in [6.45, 7) is 3.78. The molecule has 1 aromatic carbocycles. The molecule has 0 aliphatic carbocycles. The number of aryl methyl sites for hydroxylation is 2. The molecule has 0 atom stereocenters. The number of nitrogens with one attached hydrogen (secondary N) is 1. The van der Waals surface area contributed by atoms with Gasteiger partial charge in [-0.2, -0.15) is 0 Å². The summed E-state index contributed by atoms with van der Waals surface area (Å²) in [4.78, 5) is 33.1. The molecule has 0 saturated heterocycles. The zero-order valence-corrected chi connectivity index (χ0v) is 15.1. The summed E-state index contributed by atoms with van der Waals surface area (Å²) >= 11 is 2.90. The second kappa shape index (κ2) is 7.16. The Balaban J connectivity index is 1.71. The maximum Gasteiger partial charge on any atom is 0.271 e.